The number of hydrogen-bond acceptors (Lipinski definition) is 22. The minimum absolute atomic E-state index is 0. The van der Waals surface area contributed by atoms with E-state index in [0.29, 0.717) is 39.7 Å². The molecule has 30 heteroatoms. The number of H-pyrrole nitrogens is 2. The van der Waals surface area contributed by atoms with E-state index in [-0.39, 0.29) is 112 Å². The van der Waals surface area contributed by atoms with Gasteiger partial charge in [-0.2, -0.15) is 9.97 Å². The first-order valence-corrected chi connectivity index (χ1v) is 31.4. The van der Waals surface area contributed by atoms with Gasteiger partial charge in [0.25, 0.3) is 11.1 Å². The lowest BCUT2D eigenvalue weighted by atomic mass is 10.2. The number of aromatic amines is 2. The van der Waals surface area contributed by atoms with Crippen LogP contribution in [0.4, 0.5) is 11.9 Å². The quantitative estimate of drug-likeness (QED) is 0.0262. The van der Waals surface area contributed by atoms with Gasteiger partial charge in [0.2, 0.25) is 22.1 Å². The second-order valence-electron chi connectivity index (χ2n) is 17.1. The third-order valence-electron chi connectivity index (χ3n) is 11.2. The van der Waals surface area contributed by atoms with Crippen LogP contribution >= 0.6 is 70.6 Å². The Kier molecular flexibility index (Phi) is 25.1. The zero-order chi connectivity index (χ0) is 57.9. The molecule has 0 spiro atoms. The van der Waals surface area contributed by atoms with Gasteiger partial charge in [-0.3, -0.25) is 38.3 Å². The zero-order valence-corrected chi connectivity index (χ0v) is 50.4. The molecule has 0 amide bonds. The molecule has 24 nitrogen and oxygen atoms in total. The molecule has 82 heavy (non-hydrogen) atoms. The van der Waals surface area contributed by atoms with Crippen LogP contribution in [0.25, 0.3) is 22.3 Å². The van der Waals surface area contributed by atoms with Crippen LogP contribution in [0.3, 0.4) is 0 Å². The molecular weight excluding hydrogens is 1270 g/mol. The number of nitrogens with zero attached hydrogens (tertiary/aromatic N) is 6. The molecule has 0 aliphatic heterocycles. The van der Waals surface area contributed by atoms with Crippen molar-refractivity contribution in [3.05, 3.63) is 161 Å². The second kappa shape index (κ2) is 31.6. The molecule has 2 unspecified atom stereocenters. The molecular formula is C52H60Br2N10O14P2S2. The van der Waals surface area contributed by atoms with Gasteiger partial charge in [0.1, 0.15) is 12.7 Å². The number of imidazole rings is 2. The molecule has 4 aromatic heterocycles. The van der Waals surface area contributed by atoms with E-state index in [0.717, 1.165) is 49.2 Å². The molecule has 0 fully saturated rings. The van der Waals surface area contributed by atoms with Crippen LogP contribution in [0, 0.1) is 6.92 Å². The number of rotatable bonds is 28. The minimum Gasteiger partial charge on any atom is -0.493 e. The summed E-state index contributed by atoms with van der Waals surface area (Å²) in [5.41, 5.74) is 15.0. The standard InChI is InChI=1S/C26H29BrN5O8PS.C25H27BrN5O6PS.CH4/c1-36-20-7-6-18(13-21(20)37-2)25(34)42-11-10-39-41(35,40-14-17-4-3-5-19(27)12-17)16-38-9-8-32-15-29-22-23(32)30-26(28)31-24(22)33;1-17-5-7-19(8-6-17)24(33)39-12-11-36-38(34,37-14-18-3-2-4-20(26)13-18)16-35-10-9-31-15-28-21-22(31)29-25(27)30-23(21)32;/h3-7,12-13,15H,8-11,14,16H2,1-2H3,(H3,28,30,31,33);2-8,13,15H,9-12,14,16H2,1H3,(H3,27,29,30,32);1H4. The van der Waals surface area contributed by atoms with Crippen molar-refractivity contribution in [1.29, 1.82) is 0 Å². The van der Waals surface area contributed by atoms with Crippen molar-refractivity contribution in [2.75, 3.05) is 76.3 Å². The van der Waals surface area contributed by atoms with Crippen LogP contribution in [0.15, 0.2) is 122 Å². The lowest BCUT2D eigenvalue weighted by Crippen LogP contribution is -2.13. The van der Waals surface area contributed by atoms with Crippen molar-refractivity contribution in [2.45, 2.75) is 40.7 Å². The SMILES string of the molecule is C.COc1ccc(C(=O)SCCOP(=O)(COCCn2cnc3c(=O)[nH]c(N)nc32)OCc2cccc(Br)c2)cc1OC.Cc1ccc(C(=O)SCCOP(=O)(COCCn2cnc3c(=O)[nH]c(N)nc32)OCc2cccc(Br)c2)cc1. The summed E-state index contributed by atoms with van der Waals surface area (Å²) >= 11 is 8.91. The first kappa shape index (κ1) is 65.2. The molecule has 2 atom stereocenters. The molecule has 0 saturated carbocycles. The highest BCUT2D eigenvalue weighted by atomic mass is 79.9. The molecule has 438 valence electrons. The molecule has 8 rings (SSSR count). The largest absolute Gasteiger partial charge is 0.493 e. The summed E-state index contributed by atoms with van der Waals surface area (Å²) in [5, 5.41) is -0.304. The zero-order valence-electron chi connectivity index (χ0n) is 43.8. The van der Waals surface area contributed by atoms with E-state index >= 15 is 0 Å². The number of benzene rings is 4. The average Bonchev–Trinajstić information content (AvgIpc) is 4.26. The van der Waals surface area contributed by atoms with Crippen LogP contribution < -0.4 is 32.1 Å². The normalized spacial score (nSPS) is 12.7. The van der Waals surface area contributed by atoms with Gasteiger partial charge >= 0.3 is 15.2 Å². The van der Waals surface area contributed by atoms with Crippen LogP contribution in [-0.4, -0.2) is 114 Å². The van der Waals surface area contributed by atoms with Crippen molar-refractivity contribution in [3.63, 3.8) is 0 Å². The van der Waals surface area contributed by atoms with E-state index < -0.39 is 26.3 Å². The molecule has 4 aromatic carbocycles. The van der Waals surface area contributed by atoms with E-state index in [2.05, 4.69) is 61.8 Å². The fourth-order valence-corrected chi connectivity index (χ4v) is 12.2. The van der Waals surface area contributed by atoms with Gasteiger partial charge in [0.05, 0.1) is 66.5 Å². The van der Waals surface area contributed by atoms with Crippen LogP contribution in [-0.2, 0) is 63.0 Å². The van der Waals surface area contributed by atoms with E-state index in [4.69, 9.17) is 48.5 Å². The predicted octanol–water partition coefficient (Wildman–Crippen LogP) is 9.84. The van der Waals surface area contributed by atoms with Crippen LogP contribution in [0.1, 0.15) is 44.8 Å². The molecule has 8 aromatic rings. The number of carbonyl (C=O) groups excluding carboxylic acids is 2. The first-order valence-electron chi connectivity index (χ1n) is 24.4. The van der Waals surface area contributed by atoms with Crippen molar-refractivity contribution in [2.24, 2.45) is 0 Å². The fraction of sp³-hybridized carbons (Fsp3) is 0.308. The number of fused-ring (bicyclic) bond motifs is 2. The predicted molar refractivity (Wildman–Crippen MR) is 323 cm³/mol. The summed E-state index contributed by atoms with van der Waals surface area (Å²) in [6, 6.07) is 27.0. The van der Waals surface area contributed by atoms with E-state index in [9.17, 15) is 28.3 Å². The van der Waals surface area contributed by atoms with Gasteiger partial charge in [-0.1, -0.05) is 117 Å². The Bertz CT molecular complexity index is 3670. The molecule has 6 N–H and O–H groups in total. The third-order valence-corrected chi connectivity index (χ3v) is 17.1. The van der Waals surface area contributed by atoms with Gasteiger partial charge in [-0.05, 0) is 60.5 Å². The highest BCUT2D eigenvalue weighted by Crippen LogP contribution is 2.50. The van der Waals surface area contributed by atoms with Crippen molar-refractivity contribution in [1.82, 2.24) is 39.0 Å². The molecule has 0 saturated heterocycles. The fourth-order valence-electron chi connectivity index (χ4n) is 7.21. The second-order valence-corrected chi connectivity index (χ2v) is 25.1. The number of nitrogen functional groups attached to an aromatic ring is 2. The van der Waals surface area contributed by atoms with E-state index in [1.807, 2.05) is 67.6 Å². The number of aromatic nitrogens is 8. The van der Waals surface area contributed by atoms with Crippen LogP contribution in [0.5, 0.6) is 11.5 Å². The number of anilines is 2. The Morgan fingerprint density at radius 3 is 1.51 bits per heavy atom. The van der Waals surface area contributed by atoms with Gasteiger partial charge < -0.3 is 57.6 Å². The van der Waals surface area contributed by atoms with Crippen molar-refractivity contribution >= 4 is 115 Å². The van der Waals surface area contributed by atoms with Gasteiger partial charge in [0, 0.05) is 44.7 Å². The summed E-state index contributed by atoms with van der Waals surface area (Å²) in [6.07, 6.45) is 2.26. The van der Waals surface area contributed by atoms with E-state index in [1.165, 1.54) is 26.9 Å². The topological polar surface area (TPSA) is 321 Å². The monoisotopic (exact) mass is 1330 g/mol. The Labute approximate surface area is 496 Å². The first-order chi connectivity index (χ1) is 38.9. The number of ether oxygens (including phenoxy) is 4. The maximum Gasteiger partial charge on any atom is 0.356 e. The Hall–Kier alpha value is -6.00. The number of aryl methyl sites for hydroxylation is 1. The number of halogens is 2. The van der Waals surface area contributed by atoms with E-state index in [1.54, 1.807) is 39.5 Å². The molecule has 0 radical (unpaired) electrons. The molecule has 0 aliphatic rings. The lowest BCUT2D eigenvalue weighted by molar-refractivity contribution is 0.108. The summed E-state index contributed by atoms with van der Waals surface area (Å²) in [5.74, 6) is 1.42. The highest BCUT2D eigenvalue weighted by Gasteiger charge is 2.28. The number of thioether (sulfide) groups is 2. The number of methoxy groups -OCH3 is 2. The minimum atomic E-state index is -3.74. The van der Waals surface area contributed by atoms with Crippen molar-refractivity contribution in [3.8, 4) is 11.5 Å². The number of carbonyl (C=O) groups is 2. The maximum atomic E-state index is 13.6. The number of nitrogens with one attached hydrogen (secondary N) is 2. The third kappa shape index (κ3) is 19.3. The summed E-state index contributed by atoms with van der Waals surface area (Å²) in [6.45, 7) is 2.78. The summed E-state index contributed by atoms with van der Waals surface area (Å²) in [7, 11) is -4.42. The highest BCUT2D eigenvalue weighted by molar-refractivity contribution is 9.10. The van der Waals surface area contributed by atoms with Gasteiger partial charge in [-0.25, -0.2) is 9.97 Å². The molecule has 0 aliphatic carbocycles. The van der Waals surface area contributed by atoms with Crippen LogP contribution in [0.2, 0.25) is 0 Å². The lowest BCUT2D eigenvalue weighted by Gasteiger charge is -2.19. The maximum absolute atomic E-state index is 13.6. The van der Waals surface area contributed by atoms with Gasteiger partial charge in [0.15, 0.2) is 33.8 Å². The summed E-state index contributed by atoms with van der Waals surface area (Å²) in [4.78, 5) is 70.2. The number of hydrogen-bond donors (Lipinski definition) is 4. The average molecular weight is 1330 g/mol. The Morgan fingerprint density at radius 1 is 0.610 bits per heavy atom. The summed E-state index contributed by atoms with van der Waals surface area (Å²) < 4.78 is 76.6. The Morgan fingerprint density at radius 2 is 1.06 bits per heavy atom. The van der Waals surface area contributed by atoms with Crippen molar-refractivity contribution < 1.29 is 55.8 Å². The number of nitrogens with two attached hydrogens (primary N) is 2. The Balaban J connectivity index is 0.000000261. The van der Waals surface area contributed by atoms with Gasteiger partial charge in [-0.15, -0.1) is 0 Å². The molecule has 0 bridgehead atoms. The molecule has 4 heterocycles. The smallest absolute Gasteiger partial charge is 0.356 e.